The number of carboxylic acid groups (broad SMARTS) is 1. The number of aryl methyl sites for hydroxylation is 1. The summed E-state index contributed by atoms with van der Waals surface area (Å²) < 4.78 is 23.0. The van der Waals surface area contributed by atoms with Gasteiger partial charge in [0.25, 0.3) is 0 Å². The van der Waals surface area contributed by atoms with Crippen LogP contribution in [0.1, 0.15) is 15.9 Å². The minimum absolute atomic E-state index is 0.0261. The lowest BCUT2D eigenvalue weighted by Crippen LogP contribution is -2.06. The number of hydrogen-bond acceptors (Lipinski definition) is 4. The number of benzene rings is 1. The molecule has 1 rings (SSSR count). The van der Waals surface area contributed by atoms with Crippen LogP contribution in [0.2, 0.25) is 0 Å². The second-order valence-electron chi connectivity index (χ2n) is 3.40. The predicted molar refractivity (Wildman–Crippen MR) is 63.0 cm³/mol. The van der Waals surface area contributed by atoms with E-state index in [1.165, 1.54) is 17.8 Å². The second-order valence-corrected chi connectivity index (χ2v) is 6.23. The Hall–Kier alpha value is -1.01. The highest BCUT2D eigenvalue weighted by Gasteiger charge is 2.18. The lowest BCUT2D eigenvalue weighted by atomic mass is 10.1. The molecule has 0 radical (unpaired) electrons. The van der Waals surface area contributed by atoms with E-state index in [0.29, 0.717) is 10.5 Å². The van der Waals surface area contributed by atoms with Crippen molar-refractivity contribution in [2.75, 3.05) is 12.5 Å². The Kier molecular flexibility index (Phi) is 3.64. The maximum Gasteiger partial charge on any atom is 0.335 e. The lowest BCUT2D eigenvalue weighted by molar-refractivity contribution is 0.0695. The maximum atomic E-state index is 11.5. The summed E-state index contributed by atoms with van der Waals surface area (Å²) in [4.78, 5) is 11.5. The molecule has 0 unspecified atom stereocenters. The van der Waals surface area contributed by atoms with Crippen molar-refractivity contribution in [1.29, 1.82) is 0 Å². The van der Waals surface area contributed by atoms with Gasteiger partial charge >= 0.3 is 5.97 Å². The summed E-state index contributed by atoms with van der Waals surface area (Å²) in [5, 5.41) is 8.92. The summed E-state index contributed by atoms with van der Waals surface area (Å²) in [5.74, 6) is -1.12. The van der Waals surface area contributed by atoms with Crippen LogP contribution in [0.5, 0.6) is 0 Å². The molecule has 0 aliphatic heterocycles. The molecule has 0 atom stereocenters. The standard InChI is InChI=1S/C10H12O4S2/c1-6-4-8(15-2)9(16(3,13)14)5-7(6)10(11)12/h4-5H,1-3H3,(H,11,12). The van der Waals surface area contributed by atoms with Crippen molar-refractivity contribution < 1.29 is 18.3 Å². The number of rotatable bonds is 3. The molecule has 88 valence electrons. The Morgan fingerprint density at radius 3 is 2.31 bits per heavy atom. The molecule has 0 saturated heterocycles. The third-order valence-corrected chi connectivity index (χ3v) is 4.18. The van der Waals surface area contributed by atoms with Crippen molar-refractivity contribution in [2.45, 2.75) is 16.7 Å². The Morgan fingerprint density at radius 2 is 1.94 bits per heavy atom. The Labute approximate surface area is 98.6 Å². The van der Waals surface area contributed by atoms with Crippen molar-refractivity contribution in [3.8, 4) is 0 Å². The van der Waals surface area contributed by atoms with Crippen LogP contribution < -0.4 is 0 Å². The van der Waals surface area contributed by atoms with Crippen LogP contribution >= 0.6 is 11.8 Å². The van der Waals surface area contributed by atoms with Gasteiger partial charge in [-0.3, -0.25) is 0 Å². The molecule has 1 N–H and O–H groups in total. The Morgan fingerprint density at radius 1 is 1.38 bits per heavy atom. The molecule has 1 aromatic rings. The molecule has 0 spiro atoms. The van der Waals surface area contributed by atoms with Gasteiger partial charge in [0.1, 0.15) is 0 Å². The average Bonchev–Trinajstić information content (AvgIpc) is 2.14. The molecule has 0 amide bonds. The SMILES string of the molecule is CSc1cc(C)c(C(=O)O)cc1S(C)(=O)=O. The predicted octanol–water partition coefficient (Wildman–Crippen LogP) is 1.82. The van der Waals surface area contributed by atoms with Gasteiger partial charge < -0.3 is 5.11 Å². The zero-order valence-electron chi connectivity index (χ0n) is 9.14. The Balaban J connectivity index is 3.60. The number of carbonyl (C=O) groups is 1. The summed E-state index contributed by atoms with van der Waals surface area (Å²) >= 11 is 1.28. The van der Waals surface area contributed by atoms with Gasteiger partial charge in [-0.15, -0.1) is 11.8 Å². The highest BCUT2D eigenvalue weighted by molar-refractivity contribution is 7.99. The van der Waals surface area contributed by atoms with Crippen molar-refractivity contribution in [3.63, 3.8) is 0 Å². The normalized spacial score (nSPS) is 11.4. The number of sulfone groups is 1. The molecular formula is C10H12O4S2. The molecule has 0 aliphatic rings. The highest BCUT2D eigenvalue weighted by Crippen LogP contribution is 2.28. The van der Waals surface area contributed by atoms with Crippen LogP contribution in [-0.2, 0) is 9.84 Å². The molecule has 0 saturated carbocycles. The van der Waals surface area contributed by atoms with Gasteiger partial charge in [0.15, 0.2) is 9.84 Å². The molecule has 0 aliphatic carbocycles. The van der Waals surface area contributed by atoms with Gasteiger partial charge in [0.2, 0.25) is 0 Å². The first-order valence-electron chi connectivity index (χ1n) is 4.39. The van der Waals surface area contributed by atoms with Gasteiger partial charge in [-0.2, -0.15) is 0 Å². The number of carboxylic acids is 1. The first-order chi connectivity index (χ1) is 7.27. The van der Waals surface area contributed by atoms with Gasteiger partial charge in [-0.1, -0.05) is 0 Å². The van der Waals surface area contributed by atoms with Crippen LogP contribution in [0.25, 0.3) is 0 Å². The highest BCUT2D eigenvalue weighted by atomic mass is 32.2. The molecule has 6 heteroatoms. The molecular weight excluding hydrogens is 248 g/mol. The van der Waals surface area contributed by atoms with E-state index in [0.717, 1.165) is 6.26 Å². The Bertz CT molecular complexity index is 532. The first-order valence-corrected chi connectivity index (χ1v) is 7.51. The van der Waals surface area contributed by atoms with Crippen molar-refractivity contribution in [1.82, 2.24) is 0 Å². The fourth-order valence-electron chi connectivity index (χ4n) is 1.34. The van der Waals surface area contributed by atoms with Crippen LogP contribution in [0.15, 0.2) is 21.9 Å². The molecule has 0 heterocycles. The fraction of sp³-hybridized carbons (Fsp3) is 0.300. The van der Waals surface area contributed by atoms with Gasteiger partial charge in [-0.05, 0) is 30.9 Å². The summed E-state index contributed by atoms with van der Waals surface area (Å²) in [6, 6.07) is 2.81. The summed E-state index contributed by atoms with van der Waals surface area (Å²) in [5.41, 5.74) is 0.586. The smallest absolute Gasteiger partial charge is 0.335 e. The van der Waals surface area contributed by atoms with Crippen LogP contribution in [0, 0.1) is 6.92 Å². The fourth-order valence-corrected chi connectivity index (χ4v) is 3.36. The van der Waals surface area contributed by atoms with E-state index < -0.39 is 15.8 Å². The molecule has 16 heavy (non-hydrogen) atoms. The minimum Gasteiger partial charge on any atom is -0.478 e. The van der Waals surface area contributed by atoms with Gasteiger partial charge in [0, 0.05) is 11.2 Å². The molecule has 4 nitrogen and oxygen atoms in total. The quantitative estimate of drug-likeness (QED) is 0.839. The summed E-state index contributed by atoms with van der Waals surface area (Å²) in [7, 11) is -3.40. The topological polar surface area (TPSA) is 71.4 Å². The van der Waals surface area contributed by atoms with E-state index in [4.69, 9.17) is 5.11 Å². The summed E-state index contributed by atoms with van der Waals surface area (Å²) in [6.45, 7) is 1.65. The molecule has 0 fully saturated rings. The van der Waals surface area contributed by atoms with Gasteiger partial charge in [-0.25, -0.2) is 13.2 Å². The van der Waals surface area contributed by atoms with E-state index in [2.05, 4.69) is 0 Å². The van der Waals surface area contributed by atoms with Crippen LogP contribution in [0.3, 0.4) is 0 Å². The van der Waals surface area contributed by atoms with E-state index in [1.54, 1.807) is 19.2 Å². The van der Waals surface area contributed by atoms with Crippen molar-refractivity contribution in [3.05, 3.63) is 23.3 Å². The monoisotopic (exact) mass is 260 g/mol. The number of hydrogen-bond donors (Lipinski definition) is 1. The third kappa shape index (κ3) is 2.56. The van der Waals surface area contributed by atoms with Crippen molar-refractivity contribution >= 4 is 27.6 Å². The molecule has 0 aromatic heterocycles. The van der Waals surface area contributed by atoms with E-state index >= 15 is 0 Å². The average molecular weight is 260 g/mol. The molecule has 1 aromatic carbocycles. The van der Waals surface area contributed by atoms with Crippen molar-refractivity contribution in [2.24, 2.45) is 0 Å². The van der Waals surface area contributed by atoms with E-state index in [-0.39, 0.29) is 10.5 Å². The van der Waals surface area contributed by atoms with E-state index in [9.17, 15) is 13.2 Å². The second kappa shape index (κ2) is 4.47. The first kappa shape index (κ1) is 13.1. The summed E-state index contributed by atoms with van der Waals surface area (Å²) in [6.07, 6.45) is 2.83. The van der Waals surface area contributed by atoms with Crippen LogP contribution in [-0.4, -0.2) is 32.0 Å². The minimum atomic E-state index is -3.40. The third-order valence-electron chi connectivity index (χ3n) is 2.14. The zero-order chi connectivity index (χ0) is 12.5. The maximum absolute atomic E-state index is 11.5. The molecule has 0 bridgehead atoms. The largest absolute Gasteiger partial charge is 0.478 e. The lowest BCUT2D eigenvalue weighted by Gasteiger charge is -2.09. The van der Waals surface area contributed by atoms with Crippen LogP contribution in [0.4, 0.5) is 0 Å². The zero-order valence-corrected chi connectivity index (χ0v) is 10.8. The van der Waals surface area contributed by atoms with E-state index in [1.807, 2.05) is 0 Å². The number of thioether (sulfide) groups is 1. The number of aromatic carboxylic acids is 1. The van der Waals surface area contributed by atoms with Gasteiger partial charge in [0.05, 0.1) is 10.5 Å².